The molecule has 2 rings (SSSR count). The topological polar surface area (TPSA) is 106 Å². The summed E-state index contributed by atoms with van der Waals surface area (Å²) in [5.74, 6) is 0.297. The van der Waals surface area contributed by atoms with Crippen LogP contribution in [-0.4, -0.2) is 16.8 Å². The maximum Gasteiger partial charge on any atom is 0.261 e. The Morgan fingerprint density at radius 3 is 2.04 bits per heavy atom. The van der Waals surface area contributed by atoms with Gasteiger partial charge in [0, 0.05) is 0 Å². The maximum atomic E-state index is 12.4. The van der Waals surface area contributed by atoms with Gasteiger partial charge in [-0.1, -0.05) is 32.0 Å². The molecule has 2 aromatic rings. The van der Waals surface area contributed by atoms with E-state index in [-0.39, 0.29) is 15.5 Å². The van der Waals surface area contributed by atoms with E-state index in [9.17, 15) is 16.8 Å². The summed E-state index contributed by atoms with van der Waals surface area (Å²) in [5.41, 5.74) is 1.16. The monoisotopic (exact) mass is 354 g/mol. The number of sulfonamides is 2. The number of hydrogen-bond donors (Lipinski definition) is 2. The third-order valence-corrected chi connectivity index (χ3v) is 5.58. The highest BCUT2D eigenvalue weighted by Crippen LogP contribution is 2.21. The number of benzene rings is 2. The van der Waals surface area contributed by atoms with E-state index in [0.717, 1.165) is 5.56 Å². The van der Waals surface area contributed by atoms with Crippen molar-refractivity contribution < 1.29 is 16.8 Å². The maximum absolute atomic E-state index is 12.4. The molecule has 0 fully saturated rings. The fourth-order valence-electron chi connectivity index (χ4n) is 1.98. The molecule has 0 bridgehead atoms. The van der Waals surface area contributed by atoms with E-state index >= 15 is 0 Å². The lowest BCUT2D eigenvalue weighted by atomic mass is 10.0. The first kappa shape index (κ1) is 17.5. The lowest BCUT2D eigenvalue weighted by Gasteiger charge is -2.10. The average Bonchev–Trinajstić information content (AvgIpc) is 2.46. The summed E-state index contributed by atoms with van der Waals surface area (Å²) in [6.45, 7) is 4.03. The number of nitrogens with one attached hydrogen (secondary N) is 1. The fraction of sp³-hybridized carbons (Fsp3) is 0.200. The number of nitrogens with two attached hydrogens (primary N) is 1. The van der Waals surface area contributed by atoms with Crippen LogP contribution in [0.4, 0.5) is 5.69 Å². The van der Waals surface area contributed by atoms with Crippen LogP contribution in [0, 0.1) is 0 Å². The molecule has 0 amide bonds. The molecule has 0 atom stereocenters. The highest BCUT2D eigenvalue weighted by atomic mass is 32.2. The summed E-state index contributed by atoms with van der Waals surface area (Å²) in [7, 11) is -7.70. The minimum atomic E-state index is -3.90. The van der Waals surface area contributed by atoms with Crippen molar-refractivity contribution in [1.82, 2.24) is 0 Å². The van der Waals surface area contributed by atoms with Crippen molar-refractivity contribution >= 4 is 25.7 Å². The molecule has 6 nitrogen and oxygen atoms in total. The molecular formula is C15H18N2O4S2. The second-order valence-corrected chi connectivity index (χ2v) is 8.65. The van der Waals surface area contributed by atoms with Crippen LogP contribution in [0.1, 0.15) is 25.3 Å². The van der Waals surface area contributed by atoms with Crippen LogP contribution in [0.25, 0.3) is 0 Å². The summed E-state index contributed by atoms with van der Waals surface area (Å²) in [5, 5.41) is 5.04. The van der Waals surface area contributed by atoms with E-state index in [2.05, 4.69) is 4.72 Å². The molecule has 0 aliphatic heterocycles. The van der Waals surface area contributed by atoms with Crippen LogP contribution >= 0.6 is 0 Å². The molecule has 3 N–H and O–H groups in total. The summed E-state index contributed by atoms with van der Waals surface area (Å²) >= 11 is 0. The Balaban J connectivity index is 2.31. The number of anilines is 1. The predicted molar refractivity (Wildman–Crippen MR) is 89.2 cm³/mol. The molecule has 124 valence electrons. The van der Waals surface area contributed by atoms with Gasteiger partial charge in [0.25, 0.3) is 10.0 Å². The molecule has 0 aliphatic carbocycles. The van der Waals surface area contributed by atoms with Crippen molar-refractivity contribution in [2.75, 3.05) is 4.72 Å². The van der Waals surface area contributed by atoms with Crippen molar-refractivity contribution in [3.63, 3.8) is 0 Å². The minimum Gasteiger partial charge on any atom is -0.280 e. The van der Waals surface area contributed by atoms with Crippen molar-refractivity contribution in [1.29, 1.82) is 0 Å². The number of hydrogen-bond acceptors (Lipinski definition) is 4. The summed E-state index contributed by atoms with van der Waals surface area (Å²) in [6, 6.07) is 11.9. The van der Waals surface area contributed by atoms with Gasteiger partial charge in [-0.3, -0.25) is 4.72 Å². The van der Waals surface area contributed by atoms with Gasteiger partial charge in [-0.2, -0.15) is 0 Å². The quantitative estimate of drug-likeness (QED) is 0.859. The number of rotatable bonds is 5. The Morgan fingerprint density at radius 1 is 0.913 bits per heavy atom. The van der Waals surface area contributed by atoms with Gasteiger partial charge in [-0.25, -0.2) is 22.0 Å². The molecule has 0 heterocycles. The Kier molecular flexibility index (Phi) is 4.79. The molecule has 23 heavy (non-hydrogen) atoms. The second-order valence-electron chi connectivity index (χ2n) is 5.40. The van der Waals surface area contributed by atoms with E-state index in [1.165, 1.54) is 36.4 Å². The molecule has 0 saturated heterocycles. The van der Waals surface area contributed by atoms with Crippen molar-refractivity contribution in [2.45, 2.75) is 29.6 Å². The lowest BCUT2D eigenvalue weighted by molar-refractivity contribution is 0.596. The predicted octanol–water partition coefficient (Wildman–Crippen LogP) is 2.26. The smallest absolute Gasteiger partial charge is 0.261 e. The minimum absolute atomic E-state index is 0.0999. The molecule has 0 aliphatic rings. The van der Waals surface area contributed by atoms with Crippen LogP contribution in [0.3, 0.4) is 0 Å². The molecule has 0 aromatic heterocycles. The van der Waals surface area contributed by atoms with E-state index in [4.69, 9.17) is 5.14 Å². The van der Waals surface area contributed by atoms with Crippen molar-refractivity contribution in [2.24, 2.45) is 5.14 Å². The first-order valence-corrected chi connectivity index (χ1v) is 9.88. The second kappa shape index (κ2) is 6.31. The molecule has 0 radical (unpaired) electrons. The van der Waals surface area contributed by atoms with Crippen LogP contribution in [0.2, 0.25) is 0 Å². The van der Waals surface area contributed by atoms with Gasteiger partial charge in [0.15, 0.2) is 0 Å². The Labute approximate surface area is 136 Å². The van der Waals surface area contributed by atoms with Gasteiger partial charge in [0.1, 0.15) is 0 Å². The van der Waals surface area contributed by atoms with Gasteiger partial charge in [-0.15, -0.1) is 0 Å². The summed E-state index contributed by atoms with van der Waals surface area (Å²) in [4.78, 5) is -0.0595. The zero-order chi connectivity index (χ0) is 17.3. The van der Waals surface area contributed by atoms with Crippen molar-refractivity contribution in [3.8, 4) is 0 Å². The van der Waals surface area contributed by atoms with Gasteiger partial charge in [0.2, 0.25) is 10.0 Å². The van der Waals surface area contributed by atoms with E-state index in [0.29, 0.717) is 5.92 Å². The van der Waals surface area contributed by atoms with E-state index in [1.807, 2.05) is 13.8 Å². The van der Waals surface area contributed by atoms with Crippen molar-refractivity contribution in [3.05, 3.63) is 54.1 Å². The van der Waals surface area contributed by atoms with E-state index < -0.39 is 20.0 Å². The van der Waals surface area contributed by atoms with Gasteiger partial charge in [-0.05, 0) is 41.8 Å². The Hall–Kier alpha value is -1.90. The number of primary sulfonamides is 1. The third kappa shape index (κ3) is 4.31. The first-order valence-electron chi connectivity index (χ1n) is 6.85. The van der Waals surface area contributed by atoms with E-state index in [1.54, 1.807) is 12.1 Å². The summed E-state index contributed by atoms with van der Waals surface area (Å²) < 4.78 is 49.7. The SMILES string of the molecule is CC(C)c1ccc(S(=O)(=O)Nc2cccc(S(N)(=O)=O)c2)cc1. The van der Waals surface area contributed by atoms with Gasteiger partial charge in [0.05, 0.1) is 15.5 Å². The zero-order valence-electron chi connectivity index (χ0n) is 12.7. The molecule has 0 unspecified atom stereocenters. The standard InChI is InChI=1S/C15H18N2O4S2/c1-11(2)12-6-8-14(9-7-12)23(20,21)17-13-4-3-5-15(10-13)22(16,18)19/h3-11,17H,1-2H3,(H2,16,18,19). The van der Waals surface area contributed by atoms with Gasteiger partial charge < -0.3 is 0 Å². The van der Waals surface area contributed by atoms with Crippen LogP contribution in [0.15, 0.2) is 58.3 Å². The lowest BCUT2D eigenvalue weighted by Crippen LogP contribution is -2.15. The Morgan fingerprint density at radius 2 is 1.52 bits per heavy atom. The van der Waals surface area contributed by atoms with Gasteiger partial charge >= 0.3 is 0 Å². The molecular weight excluding hydrogens is 336 g/mol. The van der Waals surface area contributed by atoms with Crippen LogP contribution in [-0.2, 0) is 20.0 Å². The molecule has 0 saturated carbocycles. The molecule has 0 spiro atoms. The normalized spacial score (nSPS) is 12.3. The molecule has 8 heteroatoms. The fourth-order valence-corrected chi connectivity index (χ4v) is 3.59. The first-order chi connectivity index (χ1) is 10.6. The highest BCUT2D eigenvalue weighted by Gasteiger charge is 2.16. The largest absolute Gasteiger partial charge is 0.280 e. The summed E-state index contributed by atoms with van der Waals surface area (Å²) in [6.07, 6.45) is 0. The van der Waals surface area contributed by atoms with Crippen LogP contribution in [0.5, 0.6) is 0 Å². The zero-order valence-corrected chi connectivity index (χ0v) is 14.4. The Bertz CT molecular complexity index is 903. The highest BCUT2D eigenvalue weighted by molar-refractivity contribution is 7.92. The third-order valence-electron chi connectivity index (χ3n) is 3.27. The van der Waals surface area contributed by atoms with Crippen LogP contribution < -0.4 is 9.86 Å². The average molecular weight is 354 g/mol. The molecule has 2 aromatic carbocycles.